The van der Waals surface area contributed by atoms with Crippen molar-refractivity contribution in [2.45, 2.75) is 25.3 Å². The van der Waals surface area contributed by atoms with E-state index >= 15 is 0 Å². The monoisotopic (exact) mass is 571 g/mol. The molecule has 2 aromatic heterocycles. The number of carbonyl (C=O) groups excluding carboxylic acids is 3. The van der Waals surface area contributed by atoms with E-state index in [0.29, 0.717) is 64.0 Å². The highest BCUT2D eigenvalue weighted by atomic mass is 32.1. The molecule has 0 spiro atoms. The highest BCUT2D eigenvalue weighted by Crippen LogP contribution is 2.45. The Morgan fingerprint density at radius 1 is 1.10 bits per heavy atom. The zero-order valence-corrected chi connectivity index (χ0v) is 23.3. The number of nitrogens with one attached hydrogen (secondary N) is 2. The van der Waals surface area contributed by atoms with Gasteiger partial charge in [0.1, 0.15) is 21.2 Å². The van der Waals surface area contributed by atoms with Crippen molar-refractivity contribution in [3.05, 3.63) is 71.7 Å². The van der Waals surface area contributed by atoms with Crippen molar-refractivity contribution in [3.63, 3.8) is 0 Å². The maximum absolute atomic E-state index is 13.5. The molecule has 2 aliphatic heterocycles. The second-order valence-electron chi connectivity index (χ2n) is 9.89. The van der Waals surface area contributed by atoms with Gasteiger partial charge in [-0.05, 0) is 55.3 Å². The molecule has 0 saturated carbocycles. The molecule has 1 unspecified atom stereocenters. The molecule has 2 N–H and O–H groups in total. The number of anilines is 3. The summed E-state index contributed by atoms with van der Waals surface area (Å²) in [4.78, 5) is 48.2. The standard InChI is InChI=1S/C30H29N5O5S/c1-39-17-14-24(36)34-16-5-6-19(18-34)32-28(37)27-26-25-23(13-15-31-29(25)41-27)35(30(38)33-26)20-9-11-22(12-10-20)40-21-7-3-2-4-8-21/h2-4,7-13,15,19H,5-6,14,16-18H2,1H3,(H,32,37)(H,33,38). The van der Waals surface area contributed by atoms with Crippen LogP contribution in [0, 0.1) is 0 Å². The molecule has 4 amide bonds. The number of rotatable bonds is 8. The lowest BCUT2D eigenvalue weighted by Crippen LogP contribution is -2.49. The predicted octanol–water partition coefficient (Wildman–Crippen LogP) is 5.53. The van der Waals surface area contributed by atoms with Gasteiger partial charge in [0.25, 0.3) is 5.91 Å². The van der Waals surface area contributed by atoms with Gasteiger partial charge in [0, 0.05) is 32.4 Å². The van der Waals surface area contributed by atoms with Crippen LogP contribution in [-0.2, 0) is 9.53 Å². The summed E-state index contributed by atoms with van der Waals surface area (Å²) in [7, 11) is 1.57. The van der Waals surface area contributed by atoms with Crippen molar-refractivity contribution in [2.24, 2.45) is 0 Å². The SMILES string of the molecule is COCCC(=O)N1CCCC(NC(=O)c2sc3nccc4c3c2NC(=O)N4c2ccc(Oc3ccccc3)cc2)C1. The number of para-hydroxylation sites is 1. The van der Waals surface area contributed by atoms with Crippen LogP contribution < -0.4 is 20.3 Å². The van der Waals surface area contributed by atoms with Crippen LogP contribution in [0.3, 0.4) is 0 Å². The number of benzene rings is 2. The van der Waals surface area contributed by atoms with Gasteiger partial charge in [-0.3, -0.25) is 14.5 Å². The third kappa shape index (κ3) is 5.46. The van der Waals surface area contributed by atoms with E-state index in [0.717, 1.165) is 18.6 Å². The van der Waals surface area contributed by atoms with Crippen molar-refractivity contribution in [1.82, 2.24) is 15.2 Å². The third-order valence-corrected chi connectivity index (χ3v) is 8.25. The van der Waals surface area contributed by atoms with Gasteiger partial charge in [0.2, 0.25) is 5.91 Å². The minimum Gasteiger partial charge on any atom is -0.457 e. The Kier molecular flexibility index (Phi) is 7.53. The number of hydrogen-bond acceptors (Lipinski definition) is 7. The van der Waals surface area contributed by atoms with Gasteiger partial charge in [-0.1, -0.05) is 18.2 Å². The molecule has 4 aromatic rings. The Morgan fingerprint density at radius 3 is 2.66 bits per heavy atom. The quantitative estimate of drug-likeness (QED) is 0.288. The second-order valence-corrected chi connectivity index (χ2v) is 10.9. The molecule has 210 valence electrons. The minimum atomic E-state index is -0.373. The number of piperidine rings is 1. The molecule has 1 atom stereocenters. The van der Waals surface area contributed by atoms with E-state index in [4.69, 9.17) is 9.47 Å². The Morgan fingerprint density at radius 2 is 1.88 bits per heavy atom. The van der Waals surface area contributed by atoms with Crippen LogP contribution in [0.5, 0.6) is 11.5 Å². The Bertz CT molecular complexity index is 1590. The summed E-state index contributed by atoms with van der Waals surface area (Å²) in [6.45, 7) is 1.49. The summed E-state index contributed by atoms with van der Waals surface area (Å²) in [6.07, 6.45) is 3.53. The Balaban J connectivity index is 1.22. The summed E-state index contributed by atoms with van der Waals surface area (Å²) in [6, 6.07) is 17.9. The molecule has 6 rings (SSSR count). The summed E-state index contributed by atoms with van der Waals surface area (Å²) in [5.41, 5.74) is 1.76. The van der Waals surface area contributed by atoms with Crippen molar-refractivity contribution < 1.29 is 23.9 Å². The van der Waals surface area contributed by atoms with Gasteiger partial charge in [-0.25, -0.2) is 9.78 Å². The molecule has 1 saturated heterocycles. The second kappa shape index (κ2) is 11.6. The van der Waals surface area contributed by atoms with E-state index in [-0.39, 0.29) is 23.9 Å². The van der Waals surface area contributed by atoms with E-state index in [9.17, 15) is 14.4 Å². The van der Waals surface area contributed by atoms with Crippen LogP contribution in [0.2, 0.25) is 0 Å². The Hall–Kier alpha value is -4.48. The summed E-state index contributed by atoms with van der Waals surface area (Å²) in [5, 5.41) is 6.72. The topological polar surface area (TPSA) is 113 Å². The largest absolute Gasteiger partial charge is 0.457 e. The van der Waals surface area contributed by atoms with E-state index in [1.807, 2.05) is 54.6 Å². The summed E-state index contributed by atoms with van der Waals surface area (Å²) < 4.78 is 10.9. The van der Waals surface area contributed by atoms with Crippen LogP contribution >= 0.6 is 11.3 Å². The fraction of sp³-hybridized carbons (Fsp3) is 0.267. The number of amides is 4. The van der Waals surface area contributed by atoms with E-state index in [2.05, 4.69) is 15.6 Å². The van der Waals surface area contributed by atoms with Gasteiger partial charge >= 0.3 is 6.03 Å². The average molecular weight is 572 g/mol. The maximum atomic E-state index is 13.5. The molecule has 1 fully saturated rings. The van der Waals surface area contributed by atoms with Gasteiger partial charge in [-0.2, -0.15) is 0 Å². The zero-order chi connectivity index (χ0) is 28.3. The van der Waals surface area contributed by atoms with Gasteiger partial charge < -0.3 is 25.0 Å². The first-order chi connectivity index (χ1) is 20.0. The number of thiophene rings is 1. The number of hydrogen-bond donors (Lipinski definition) is 2. The first-order valence-electron chi connectivity index (χ1n) is 13.4. The number of likely N-dealkylation sites (tertiary alicyclic amines) is 1. The fourth-order valence-electron chi connectivity index (χ4n) is 5.21. The van der Waals surface area contributed by atoms with Crippen LogP contribution in [0.1, 0.15) is 28.9 Å². The molecule has 10 nitrogen and oxygen atoms in total. The maximum Gasteiger partial charge on any atom is 0.331 e. The molecular weight excluding hydrogens is 542 g/mol. The molecule has 2 aromatic carbocycles. The normalized spacial score (nSPS) is 16.4. The van der Waals surface area contributed by atoms with E-state index < -0.39 is 0 Å². The van der Waals surface area contributed by atoms with Gasteiger partial charge in [0.05, 0.1) is 35.5 Å². The van der Waals surface area contributed by atoms with Crippen molar-refractivity contribution in [3.8, 4) is 11.5 Å². The summed E-state index contributed by atoms with van der Waals surface area (Å²) >= 11 is 1.24. The first-order valence-corrected chi connectivity index (χ1v) is 14.3. The van der Waals surface area contributed by atoms with Gasteiger partial charge in [-0.15, -0.1) is 11.3 Å². The minimum absolute atomic E-state index is 0.0172. The van der Waals surface area contributed by atoms with Crippen LogP contribution in [0.4, 0.5) is 21.9 Å². The predicted molar refractivity (Wildman–Crippen MR) is 157 cm³/mol. The molecule has 4 heterocycles. The van der Waals surface area contributed by atoms with Crippen molar-refractivity contribution in [1.29, 1.82) is 0 Å². The van der Waals surface area contributed by atoms with Gasteiger partial charge in [0.15, 0.2) is 0 Å². The lowest BCUT2D eigenvalue weighted by Gasteiger charge is -2.33. The molecular formula is C30H29N5O5S. The molecule has 0 aliphatic carbocycles. The number of aromatic nitrogens is 1. The van der Waals surface area contributed by atoms with Crippen molar-refractivity contribution >= 4 is 56.5 Å². The van der Waals surface area contributed by atoms with Crippen molar-refractivity contribution in [2.75, 3.05) is 37.0 Å². The van der Waals surface area contributed by atoms with E-state index in [1.165, 1.54) is 11.3 Å². The number of ether oxygens (including phenoxy) is 2. The average Bonchev–Trinajstić information content (AvgIpc) is 3.37. The molecule has 0 bridgehead atoms. The molecule has 41 heavy (non-hydrogen) atoms. The lowest BCUT2D eigenvalue weighted by atomic mass is 10.0. The highest BCUT2D eigenvalue weighted by Gasteiger charge is 2.34. The first kappa shape index (κ1) is 26.7. The number of methoxy groups -OCH3 is 1. The highest BCUT2D eigenvalue weighted by molar-refractivity contribution is 7.21. The number of carbonyl (C=O) groups is 3. The van der Waals surface area contributed by atoms with Crippen LogP contribution in [0.25, 0.3) is 10.2 Å². The molecule has 2 aliphatic rings. The third-order valence-electron chi connectivity index (χ3n) is 7.16. The van der Waals surface area contributed by atoms with Crippen LogP contribution in [0.15, 0.2) is 66.9 Å². The Labute approximate surface area is 240 Å². The lowest BCUT2D eigenvalue weighted by molar-refractivity contribution is -0.133. The zero-order valence-electron chi connectivity index (χ0n) is 22.5. The summed E-state index contributed by atoms with van der Waals surface area (Å²) in [5.74, 6) is 1.10. The fourth-order valence-corrected chi connectivity index (χ4v) is 6.23. The van der Waals surface area contributed by atoms with Crippen LogP contribution in [-0.4, -0.2) is 60.6 Å². The smallest absolute Gasteiger partial charge is 0.331 e. The van der Waals surface area contributed by atoms with E-state index in [1.54, 1.807) is 29.2 Å². The number of pyridine rings is 1. The molecule has 0 radical (unpaired) electrons. The number of urea groups is 1. The number of nitrogens with zero attached hydrogens (tertiary/aromatic N) is 3. The molecule has 11 heteroatoms.